The first-order valence-electron chi connectivity index (χ1n) is 12.0. The van der Waals surface area contributed by atoms with Gasteiger partial charge in [-0.25, -0.2) is 22.2 Å². The zero-order chi connectivity index (χ0) is 24.6. The summed E-state index contributed by atoms with van der Waals surface area (Å²) in [5, 5.41) is -0.438. The van der Waals surface area contributed by atoms with Gasteiger partial charge in [0.2, 0.25) is 5.95 Å². The second-order valence-electron chi connectivity index (χ2n) is 10.4. The first kappa shape index (κ1) is 23.4. The maximum absolute atomic E-state index is 15.3. The summed E-state index contributed by atoms with van der Waals surface area (Å²) >= 11 is 6.30. The van der Waals surface area contributed by atoms with Crippen LogP contribution in [0.25, 0.3) is 0 Å². The normalized spacial score (nSPS) is 27.5. The highest BCUT2D eigenvalue weighted by Gasteiger charge is 2.61. The van der Waals surface area contributed by atoms with Crippen LogP contribution < -0.4 is 9.62 Å². The van der Waals surface area contributed by atoms with Gasteiger partial charge in [0.05, 0.1) is 5.69 Å². The quantitative estimate of drug-likeness (QED) is 0.441. The topological polar surface area (TPSA) is 65.5 Å². The Labute approximate surface area is 207 Å². The van der Waals surface area contributed by atoms with Crippen LogP contribution in [0.1, 0.15) is 44.9 Å². The van der Waals surface area contributed by atoms with E-state index in [4.69, 9.17) is 11.6 Å². The highest BCUT2D eigenvalue weighted by atomic mass is 35.5. The van der Waals surface area contributed by atoms with Crippen LogP contribution in [0.5, 0.6) is 0 Å². The molecule has 4 aliphatic rings. The summed E-state index contributed by atoms with van der Waals surface area (Å²) in [7, 11) is -4.74. The number of aromatic nitrogens is 1. The molecule has 2 spiro atoms. The maximum Gasteiger partial charge on any atom is 0.268 e. The third kappa shape index (κ3) is 3.71. The largest absolute Gasteiger partial charge is 0.370 e. The van der Waals surface area contributed by atoms with Crippen LogP contribution in [0.3, 0.4) is 0 Å². The van der Waals surface area contributed by atoms with E-state index in [-0.39, 0.29) is 11.1 Å². The fourth-order valence-corrected chi connectivity index (χ4v) is 8.04. The highest BCUT2D eigenvalue weighted by molar-refractivity contribution is 7.92. The third-order valence-corrected chi connectivity index (χ3v) is 10.3. The van der Waals surface area contributed by atoms with Gasteiger partial charge in [-0.3, -0.25) is 9.62 Å². The summed E-state index contributed by atoms with van der Waals surface area (Å²) in [6, 6.07) is 4.90. The SMILES string of the molecule is O=S(=O)(Nc1cccc(F)n1)c1c(F)cc(N2CC[C@@]3(CC[C@@H]3N3CCCC34CC4)C2)c(Cl)c1F. The molecule has 2 saturated carbocycles. The van der Waals surface area contributed by atoms with Gasteiger partial charge in [0.1, 0.15) is 16.7 Å². The minimum Gasteiger partial charge on any atom is -0.370 e. The molecule has 0 radical (unpaired) electrons. The molecule has 0 amide bonds. The number of benzene rings is 1. The molecule has 35 heavy (non-hydrogen) atoms. The third-order valence-electron chi connectivity index (χ3n) is 8.52. The molecule has 2 atom stereocenters. The van der Waals surface area contributed by atoms with Crippen molar-refractivity contribution in [3.05, 3.63) is 46.9 Å². The smallest absolute Gasteiger partial charge is 0.268 e. The molecule has 1 aromatic carbocycles. The predicted molar refractivity (Wildman–Crippen MR) is 127 cm³/mol. The highest BCUT2D eigenvalue weighted by Crippen LogP contribution is 2.59. The van der Waals surface area contributed by atoms with Crippen molar-refractivity contribution in [2.75, 3.05) is 29.3 Å². The molecule has 2 saturated heterocycles. The van der Waals surface area contributed by atoms with E-state index < -0.39 is 43.3 Å². The Hall–Kier alpha value is -2.04. The number of anilines is 2. The molecule has 1 aromatic heterocycles. The van der Waals surface area contributed by atoms with E-state index >= 15 is 8.78 Å². The van der Waals surface area contributed by atoms with Gasteiger partial charge >= 0.3 is 0 Å². The lowest BCUT2D eigenvalue weighted by Gasteiger charge is -2.53. The molecule has 2 aliphatic heterocycles. The van der Waals surface area contributed by atoms with E-state index in [1.807, 2.05) is 9.62 Å². The molecule has 0 bridgehead atoms. The number of nitrogens with zero attached hydrogens (tertiary/aromatic N) is 3. The van der Waals surface area contributed by atoms with Crippen LogP contribution in [0.15, 0.2) is 29.2 Å². The Kier molecular flexibility index (Phi) is 5.33. The number of rotatable bonds is 5. The number of halogens is 4. The summed E-state index contributed by atoms with van der Waals surface area (Å²) in [6.07, 6.45) is 8.15. The Morgan fingerprint density at radius 2 is 1.89 bits per heavy atom. The zero-order valence-corrected chi connectivity index (χ0v) is 20.6. The molecule has 11 heteroatoms. The lowest BCUT2D eigenvalue weighted by atomic mass is 9.63. The van der Waals surface area contributed by atoms with E-state index in [2.05, 4.69) is 9.88 Å². The van der Waals surface area contributed by atoms with E-state index in [1.54, 1.807) is 0 Å². The number of pyridine rings is 1. The van der Waals surface area contributed by atoms with Gasteiger partial charge in [-0.05, 0) is 63.6 Å². The van der Waals surface area contributed by atoms with Crippen molar-refractivity contribution in [1.82, 2.24) is 9.88 Å². The fourth-order valence-electron chi connectivity index (χ4n) is 6.57. The van der Waals surface area contributed by atoms with Crippen LogP contribution in [0, 0.1) is 23.0 Å². The van der Waals surface area contributed by atoms with Gasteiger partial charge in [-0.15, -0.1) is 0 Å². The summed E-state index contributed by atoms with van der Waals surface area (Å²) in [5.74, 6) is -3.95. The summed E-state index contributed by atoms with van der Waals surface area (Å²) < 4.78 is 71.1. The number of nitrogens with one attached hydrogen (secondary N) is 1. The first-order chi connectivity index (χ1) is 16.6. The monoisotopic (exact) mass is 526 g/mol. The second-order valence-corrected chi connectivity index (χ2v) is 12.4. The van der Waals surface area contributed by atoms with Gasteiger partial charge in [0.25, 0.3) is 10.0 Å². The summed E-state index contributed by atoms with van der Waals surface area (Å²) in [5.41, 5.74) is 0.626. The van der Waals surface area contributed by atoms with Gasteiger partial charge < -0.3 is 4.90 Å². The number of hydrogen-bond acceptors (Lipinski definition) is 5. The van der Waals surface area contributed by atoms with Crippen molar-refractivity contribution >= 4 is 33.1 Å². The molecule has 1 N–H and O–H groups in total. The van der Waals surface area contributed by atoms with Crippen molar-refractivity contribution in [2.24, 2.45) is 5.41 Å². The van der Waals surface area contributed by atoms with Crippen LogP contribution >= 0.6 is 11.6 Å². The average molecular weight is 527 g/mol. The molecule has 188 valence electrons. The van der Waals surface area contributed by atoms with Gasteiger partial charge in [-0.1, -0.05) is 17.7 Å². The Balaban J connectivity index is 1.26. The standard InChI is InChI=1S/C24H26ClF3N4O2S/c25-20-16(13-15(26)22(21(20)28)35(33,34)30-19-4-1-3-18(27)29-19)31-12-10-23(14-31)7-5-17(23)32-11-2-6-24(32)8-9-24/h1,3-4,13,17H,2,5-12,14H2,(H,29,30)/t17-,23-/m0/s1. The molecule has 6 nitrogen and oxygen atoms in total. The van der Waals surface area contributed by atoms with E-state index in [0.29, 0.717) is 24.7 Å². The number of hydrogen-bond donors (Lipinski definition) is 1. The maximum atomic E-state index is 15.3. The molecular formula is C24H26ClF3N4O2S. The minimum atomic E-state index is -4.74. The van der Waals surface area contributed by atoms with Crippen LogP contribution in [0.4, 0.5) is 24.7 Å². The summed E-state index contributed by atoms with van der Waals surface area (Å²) in [6.45, 7) is 2.37. The lowest BCUT2D eigenvalue weighted by Crippen LogP contribution is -2.58. The Bertz CT molecular complexity index is 1310. The zero-order valence-electron chi connectivity index (χ0n) is 19.0. The van der Waals surface area contributed by atoms with E-state index in [9.17, 15) is 12.8 Å². The van der Waals surface area contributed by atoms with Crippen LogP contribution in [0.2, 0.25) is 5.02 Å². The van der Waals surface area contributed by atoms with E-state index in [0.717, 1.165) is 37.9 Å². The van der Waals surface area contributed by atoms with Crippen molar-refractivity contribution in [3.8, 4) is 0 Å². The molecule has 2 aromatic rings. The molecular weight excluding hydrogens is 501 g/mol. The molecule has 0 unspecified atom stereocenters. The van der Waals surface area contributed by atoms with Gasteiger partial charge in [0.15, 0.2) is 10.7 Å². The fraction of sp³-hybridized carbons (Fsp3) is 0.542. The van der Waals surface area contributed by atoms with Crippen molar-refractivity contribution in [2.45, 2.75) is 61.4 Å². The van der Waals surface area contributed by atoms with Crippen molar-refractivity contribution < 1.29 is 21.6 Å². The lowest BCUT2D eigenvalue weighted by molar-refractivity contribution is -0.0251. The minimum absolute atomic E-state index is 0.0750. The van der Waals surface area contributed by atoms with Crippen molar-refractivity contribution in [1.29, 1.82) is 0 Å². The number of likely N-dealkylation sites (tertiary alicyclic amines) is 1. The Morgan fingerprint density at radius 1 is 1.09 bits per heavy atom. The Morgan fingerprint density at radius 3 is 2.57 bits per heavy atom. The molecule has 2 aliphatic carbocycles. The van der Waals surface area contributed by atoms with E-state index in [1.165, 1.54) is 37.8 Å². The molecule has 3 heterocycles. The summed E-state index contributed by atoms with van der Waals surface area (Å²) in [4.78, 5) is 6.76. The van der Waals surface area contributed by atoms with Crippen molar-refractivity contribution in [3.63, 3.8) is 0 Å². The molecule has 4 fully saturated rings. The van der Waals surface area contributed by atoms with Gasteiger partial charge in [0, 0.05) is 36.2 Å². The first-order valence-corrected chi connectivity index (χ1v) is 13.8. The number of sulfonamides is 1. The van der Waals surface area contributed by atoms with Crippen LogP contribution in [-0.4, -0.2) is 49.5 Å². The second kappa shape index (κ2) is 7.98. The van der Waals surface area contributed by atoms with Crippen LogP contribution in [-0.2, 0) is 10.0 Å². The molecule has 6 rings (SSSR count). The average Bonchev–Trinajstić information content (AvgIpc) is 3.22. The van der Waals surface area contributed by atoms with Gasteiger partial charge in [-0.2, -0.15) is 4.39 Å². The predicted octanol–water partition coefficient (Wildman–Crippen LogP) is 4.94.